The number of rotatable bonds is 6. The molecular weight excluding hydrogens is 252 g/mol. The molecule has 0 fully saturated rings. The van der Waals surface area contributed by atoms with Crippen LogP contribution in [-0.2, 0) is 11.3 Å². The zero-order valence-corrected chi connectivity index (χ0v) is 10.2. The second kappa shape index (κ2) is 7.50. The van der Waals surface area contributed by atoms with E-state index in [-0.39, 0.29) is 4.83 Å². The van der Waals surface area contributed by atoms with E-state index in [1.165, 1.54) is 5.56 Å². The molecule has 1 atom stereocenters. The maximum atomic E-state index is 5.53. The summed E-state index contributed by atoms with van der Waals surface area (Å²) in [7, 11) is 0. The van der Waals surface area contributed by atoms with Gasteiger partial charge in [-0.1, -0.05) is 52.2 Å². The van der Waals surface area contributed by atoms with Gasteiger partial charge in [-0.15, -0.1) is 6.42 Å². The summed E-state index contributed by atoms with van der Waals surface area (Å²) in [5.74, 6) is 2.63. The molecule has 0 saturated heterocycles. The number of hydrogen-bond donors (Lipinski definition) is 0. The molecule has 0 N–H and O–H groups in total. The van der Waals surface area contributed by atoms with Crippen molar-refractivity contribution in [3.63, 3.8) is 0 Å². The Hall–Kier alpha value is -0.780. The van der Waals surface area contributed by atoms with Gasteiger partial charge >= 0.3 is 0 Å². The summed E-state index contributed by atoms with van der Waals surface area (Å²) in [5.41, 5.74) is 1.21. The summed E-state index contributed by atoms with van der Waals surface area (Å²) in [6.07, 6.45) is 7.20. The third-order valence-electron chi connectivity index (χ3n) is 2.04. The van der Waals surface area contributed by atoms with Gasteiger partial charge in [0.1, 0.15) is 0 Å². The Kier molecular flexibility index (Phi) is 6.15. The van der Waals surface area contributed by atoms with E-state index in [1.807, 2.05) is 18.2 Å². The largest absolute Gasteiger partial charge is 0.377 e. The molecular formula is C13H15BrO. The lowest BCUT2D eigenvalue weighted by atomic mass is 10.2. The van der Waals surface area contributed by atoms with Gasteiger partial charge in [0.15, 0.2) is 0 Å². The first-order chi connectivity index (χ1) is 7.33. The highest BCUT2D eigenvalue weighted by Crippen LogP contribution is 2.07. The second-order valence-electron chi connectivity index (χ2n) is 3.31. The average Bonchev–Trinajstić information content (AvgIpc) is 2.29. The van der Waals surface area contributed by atoms with Crippen LogP contribution in [0.2, 0.25) is 0 Å². The van der Waals surface area contributed by atoms with Crippen molar-refractivity contribution in [2.24, 2.45) is 0 Å². The van der Waals surface area contributed by atoms with Gasteiger partial charge in [-0.05, 0) is 18.4 Å². The van der Waals surface area contributed by atoms with Crippen LogP contribution < -0.4 is 0 Å². The van der Waals surface area contributed by atoms with Gasteiger partial charge in [-0.3, -0.25) is 0 Å². The third kappa shape index (κ3) is 5.61. The maximum Gasteiger partial charge on any atom is 0.0752 e. The second-order valence-corrected chi connectivity index (χ2v) is 4.42. The molecule has 1 nitrogen and oxygen atoms in total. The Morgan fingerprint density at radius 1 is 1.33 bits per heavy atom. The minimum Gasteiger partial charge on any atom is -0.377 e. The van der Waals surface area contributed by atoms with E-state index in [2.05, 4.69) is 34.0 Å². The van der Waals surface area contributed by atoms with Crippen LogP contribution in [0.4, 0.5) is 0 Å². The predicted octanol–water partition coefficient (Wildman–Crippen LogP) is 3.38. The van der Waals surface area contributed by atoms with Crippen molar-refractivity contribution in [2.75, 3.05) is 6.61 Å². The van der Waals surface area contributed by atoms with Gasteiger partial charge in [0.2, 0.25) is 0 Å². The van der Waals surface area contributed by atoms with E-state index < -0.39 is 0 Å². The van der Waals surface area contributed by atoms with Crippen molar-refractivity contribution in [1.29, 1.82) is 0 Å². The van der Waals surface area contributed by atoms with Crippen LogP contribution in [0.3, 0.4) is 0 Å². The summed E-state index contributed by atoms with van der Waals surface area (Å²) in [6.45, 7) is 1.45. The number of benzene rings is 1. The fourth-order valence-electron chi connectivity index (χ4n) is 1.21. The molecule has 0 aliphatic heterocycles. The normalized spacial score (nSPS) is 12.0. The molecule has 1 aromatic rings. The Morgan fingerprint density at radius 2 is 2.07 bits per heavy atom. The number of terminal acetylenes is 1. The van der Waals surface area contributed by atoms with Crippen LogP contribution in [0.5, 0.6) is 0 Å². The van der Waals surface area contributed by atoms with Gasteiger partial charge in [-0.25, -0.2) is 0 Å². The summed E-state index contributed by atoms with van der Waals surface area (Å²) in [5, 5.41) is 0. The van der Waals surface area contributed by atoms with E-state index in [0.29, 0.717) is 6.61 Å². The molecule has 80 valence electrons. The lowest BCUT2D eigenvalue weighted by molar-refractivity contribution is 0.118. The molecule has 15 heavy (non-hydrogen) atoms. The summed E-state index contributed by atoms with van der Waals surface area (Å²) >= 11 is 3.38. The van der Waals surface area contributed by atoms with Crippen LogP contribution in [0, 0.1) is 12.3 Å². The van der Waals surface area contributed by atoms with Crippen molar-refractivity contribution in [3.8, 4) is 12.3 Å². The molecule has 2 heteroatoms. The number of halogens is 1. The number of alkyl halides is 1. The molecule has 0 spiro atoms. The van der Waals surface area contributed by atoms with Gasteiger partial charge in [-0.2, -0.15) is 0 Å². The van der Waals surface area contributed by atoms with Gasteiger partial charge < -0.3 is 4.74 Å². The monoisotopic (exact) mass is 266 g/mol. The van der Waals surface area contributed by atoms with Gasteiger partial charge in [0.25, 0.3) is 0 Å². The van der Waals surface area contributed by atoms with E-state index in [0.717, 1.165) is 19.4 Å². The zero-order chi connectivity index (χ0) is 10.9. The molecule has 1 aromatic carbocycles. The summed E-state index contributed by atoms with van der Waals surface area (Å²) in [4.78, 5) is 0.179. The molecule has 0 heterocycles. The van der Waals surface area contributed by atoms with Crippen molar-refractivity contribution in [2.45, 2.75) is 24.3 Å². The van der Waals surface area contributed by atoms with E-state index in [9.17, 15) is 0 Å². The maximum absolute atomic E-state index is 5.53. The van der Waals surface area contributed by atoms with Crippen molar-refractivity contribution in [3.05, 3.63) is 35.9 Å². The number of hydrogen-bond acceptors (Lipinski definition) is 1. The first-order valence-corrected chi connectivity index (χ1v) is 5.96. The smallest absolute Gasteiger partial charge is 0.0752 e. The van der Waals surface area contributed by atoms with Crippen LogP contribution in [-0.4, -0.2) is 11.4 Å². The fraction of sp³-hybridized carbons (Fsp3) is 0.385. The fourth-order valence-corrected chi connectivity index (χ4v) is 1.54. The molecule has 0 saturated carbocycles. The van der Waals surface area contributed by atoms with Gasteiger partial charge in [0, 0.05) is 6.61 Å². The minimum absolute atomic E-state index is 0.179. The average molecular weight is 267 g/mol. The SMILES string of the molecule is C#CC(Br)CCCOCc1ccccc1. The van der Waals surface area contributed by atoms with Crippen LogP contribution >= 0.6 is 15.9 Å². The first-order valence-electron chi connectivity index (χ1n) is 5.05. The van der Waals surface area contributed by atoms with Crippen LogP contribution in [0.25, 0.3) is 0 Å². The molecule has 0 aliphatic carbocycles. The highest BCUT2D eigenvalue weighted by Gasteiger charge is 1.98. The zero-order valence-electron chi connectivity index (χ0n) is 8.66. The lowest BCUT2D eigenvalue weighted by Crippen LogP contribution is -1.99. The molecule has 0 amide bonds. The molecule has 0 radical (unpaired) electrons. The van der Waals surface area contributed by atoms with E-state index in [1.54, 1.807) is 0 Å². The third-order valence-corrected chi connectivity index (χ3v) is 2.76. The standard InChI is InChI=1S/C13H15BrO/c1-2-13(14)9-6-10-15-11-12-7-4-3-5-8-12/h1,3-5,7-8,13H,6,9-11H2. The van der Waals surface area contributed by atoms with Crippen molar-refractivity contribution < 1.29 is 4.74 Å². The summed E-state index contributed by atoms with van der Waals surface area (Å²) < 4.78 is 5.53. The highest BCUT2D eigenvalue weighted by molar-refractivity contribution is 9.09. The highest BCUT2D eigenvalue weighted by atomic mass is 79.9. The van der Waals surface area contributed by atoms with E-state index in [4.69, 9.17) is 11.2 Å². The topological polar surface area (TPSA) is 9.23 Å². The Labute approximate surface area is 100.0 Å². The minimum atomic E-state index is 0.179. The molecule has 0 aromatic heterocycles. The van der Waals surface area contributed by atoms with E-state index >= 15 is 0 Å². The Bertz CT molecular complexity index is 302. The Morgan fingerprint density at radius 3 is 2.73 bits per heavy atom. The molecule has 1 unspecified atom stereocenters. The predicted molar refractivity (Wildman–Crippen MR) is 66.9 cm³/mol. The van der Waals surface area contributed by atoms with Crippen molar-refractivity contribution in [1.82, 2.24) is 0 Å². The lowest BCUT2D eigenvalue weighted by Gasteiger charge is -2.05. The molecule has 1 rings (SSSR count). The van der Waals surface area contributed by atoms with Crippen LogP contribution in [0.15, 0.2) is 30.3 Å². The molecule has 0 bridgehead atoms. The molecule has 0 aliphatic rings. The van der Waals surface area contributed by atoms with Crippen LogP contribution in [0.1, 0.15) is 18.4 Å². The number of ether oxygens (including phenoxy) is 1. The Balaban J connectivity index is 2.06. The van der Waals surface area contributed by atoms with Gasteiger partial charge in [0.05, 0.1) is 11.4 Å². The quantitative estimate of drug-likeness (QED) is 0.436. The van der Waals surface area contributed by atoms with Crippen molar-refractivity contribution >= 4 is 15.9 Å². The first kappa shape index (κ1) is 12.3. The summed E-state index contributed by atoms with van der Waals surface area (Å²) in [6, 6.07) is 10.2.